The molecule has 4 heteroatoms. The molecule has 0 fully saturated rings. The molecular formula is C35H25N4+. The first-order valence-electron chi connectivity index (χ1n) is 13.2. The van der Waals surface area contributed by atoms with Crippen LogP contribution in [-0.4, -0.2) is 26.5 Å². The van der Waals surface area contributed by atoms with Gasteiger partial charge in [-0.25, -0.2) is 0 Å². The second-order valence-electron chi connectivity index (χ2n) is 10.4. The van der Waals surface area contributed by atoms with Gasteiger partial charge in [0.25, 0.3) is 0 Å². The monoisotopic (exact) mass is 501 g/mol. The minimum Gasteiger partial charge on any atom is -0.308 e. The molecule has 3 aromatic heterocycles. The third-order valence-electron chi connectivity index (χ3n) is 7.93. The molecule has 0 radical (unpaired) electrons. The lowest BCUT2D eigenvalue weighted by molar-refractivity contribution is 1.11. The molecule has 0 spiro atoms. The maximum absolute atomic E-state index is 4.50. The Morgan fingerprint density at radius 2 is 1.18 bits per heavy atom. The Bertz CT molecular complexity index is 2150. The van der Waals surface area contributed by atoms with Gasteiger partial charge in [-0.2, -0.15) is 0 Å². The van der Waals surface area contributed by atoms with Gasteiger partial charge in [0.1, 0.15) is 5.69 Å². The Morgan fingerprint density at radius 1 is 0.564 bits per heavy atom. The van der Waals surface area contributed by atoms with E-state index in [1.165, 1.54) is 55.0 Å². The summed E-state index contributed by atoms with van der Waals surface area (Å²) in [5.74, 6) is 0. The molecule has 0 unspecified atom stereocenters. The molecule has 1 aliphatic heterocycles. The van der Waals surface area contributed by atoms with Crippen LogP contribution in [-0.2, 0) is 0 Å². The summed E-state index contributed by atoms with van der Waals surface area (Å²) in [6, 6.07) is 33.1. The fraction of sp³-hybridized carbons (Fsp3) is 0.0571. The summed E-state index contributed by atoms with van der Waals surface area (Å²) in [7, 11) is 0. The molecule has 4 heterocycles. The molecule has 0 atom stereocenters. The van der Waals surface area contributed by atoms with Gasteiger partial charge in [0.05, 0.1) is 28.3 Å². The molecule has 0 N–H and O–H groups in total. The van der Waals surface area contributed by atoms with Crippen LogP contribution in [0.4, 0.5) is 0 Å². The number of fused-ring (bicyclic) bond motifs is 6. The maximum atomic E-state index is 4.50. The zero-order valence-corrected chi connectivity index (χ0v) is 21.8. The van der Waals surface area contributed by atoms with E-state index in [0.29, 0.717) is 0 Å². The molecule has 7 aromatic rings. The van der Waals surface area contributed by atoms with Crippen LogP contribution in [0, 0.1) is 13.8 Å². The highest BCUT2D eigenvalue weighted by molar-refractivity contribution is 6.13. The van der Waals surface area contributed by atoms with Crippen LogP contribution in [0.25, 0.3) is 55.2 Å². The number of benzene rings is 4. The minimum absolute atomic E-state index is 1.11. The van der Waals surface area contributed by atoms with Crippen molar-refractivity contribution in [1.82, 2.24) is 18.8 Å². The quantitative estimate of drug-likeness (QED) is 0.234. The molecule has 184 valence electrons. The first-order valence-corrected chi connectivity index (χ1v) is 13.2. The zero-order chi connectivity index (χ0) is 26.1. The Hall–Kier alpha value is -5.18. The molecule has 0 saturated heterocycles. The first-order chi connectivity index (χ1) is 19.2. The standard InChI is InChI=1S/C35H25N4/c1-22-3-9-26(10-4-22)38-32-13-7-24(17-29(32)28-15-16-36-20-34(28)38)25-8-14-33-30(18-25)31-19-37-21-35(31)39(33)27-11-5-23(2)6-12-27/h3-21H,1-2H3/q+1. The Morgan fingerprint density at radius 3 is 1.87 bits per heavy atom. The van der Waals surface area contributed by atoms with E-state index in [0.717, 1.165) is 22.6 Å². The summed E-state index contributed by atoms with van der Waals surface area (Å²) in [4.78, 5) is 4.45. The van der Waals surface area contributed by atoms with Gasteiger partial charge < -0.3 is 9.13 Å². The number of rotatable bonds is 3. The summed E-state index contributed by atoms with van der Waals surface area (Å²) in [5, 5.41) is 3.64. The van der Waals surface area contributed by atoms with E-state index in [2.05, 4.69) is 124 Å². The van der Waals surface area contributed by atoms with E-state index in [1.54, 1.807) is 0 Å². The van der Waals surface area contributed by atoms with E-state index in [1.807, 2.05) is 24.8 Å². The van der Waals surface area contributed by atoms with Crippen molar-refractivity contribution in [3.8, 4) is 22.5 Å². The number of hydrogen-bond acceptors (Lipinski definition) is 1. The van der Waals surface area contributed by atoms with Gasteiger partial charge in [-0.3, -0.25) is 4.98 Å². The zero-order valence-electron chi connectivity index (χ0n) is 21.8. The van der Waals surface area contributed by atoms with Crippen LogP contribution >= 0.6 is 0 Å². The topological polar surface area (TPSA) is 36.9 Å². The van der Waals surface area contributed by atoms with Crippen LogP contribution in [0.5, 0.6) is 0 Å². The number of pyridine rings is 1. The number of aryl methyl sites for hydroxylation is 2. The van der Waals surface area contributed by atoms with Gasteiger partial charge >= 0.3 is 12.4 Å². The van der Waals surface area contributed by atoms with Gasteiger partial charge in [0.2, 0.25) is 0 Å². The van der Waals surface area contributed by atoms with Gasteiger partial charge in [0.15, 0.2) is 0 Å². The lowest BCUT2D eigenvalue weighted by Gasteiger charge is -2.09. The van der Waals surface area contributed by atoms with Crippen LogP contribution in [0.2, 0.25) is 0 Å². The average molecular weight is 502 g/mol. The van der Waals surface area contributed by atoms with E-state index < -0.39 is 0 Å². The normalized spacial score (nSPS) is 12.3. The van der Waals surface area contributed by atoms with Crippen molar-refractivity contribution >= 4 is 45.1 Å². The fourth-order valence-corrected chi connectivity index (χ4v) is 5.95. The third-order valence-corrected chi connectivity index (χ3v) is 7.93. The molecule has 8 rings (SSSR count). The predicted molar refractivity (Wildman–Crippen MR) is 163 cm³/mol. The Balaban J connectivity index is 1.32. The van der Waals surface area contributed by atoms with Crippen molar-refractivity contribution in [3.05, 3.63) is 126 Å². The van der Waals surface area contributed by atoms with Crippen LogP contribution in [0.15, 0.2) is 103 Å². The van der Waals surface area contributed by atoms with Crippen molar-refractivity contribution in [2.75, 3.05) is 0 Å². The van der Waals surface area contributed by atoms with Crippen molar-refractivity contribution in [2.24, 2.45) is 0 Å². The highest BCUT2D eigenvalue weighted by Gasteiger charge is 2.25. The Kier molecular flexibility index (Phi) is 4.57. The lowest BCUT2D eigenvalue weighted by Crippen LogP contribution is -1.99. The molecule has 1 aliphatic rings. The van der Waals surface area contributed by atoms with Crippen LogP contribution in [0.3, 0.4) is 0 Å². The largest absolute Gasteiger partial charge is 0.317 e. The minimum atomic E-state index is 1.11. The molecular weight excluding hydrogens is 476 g/mol. The van der Waals surface area contributed by atoms with E-state index >= 15 is 0 Å². The highest BCUT2D eigenvalue weighted by atomic mass is 15.0. The van der Waals surface area contributed by atoms with E-state index in [9.17, 15) is 0 Å². The Labute approximate surface area is 225 Å². The van der Waals surface area contributed by atoms with Gasteiger partial charge in [-0.05, 0) is 79.6 Å². The summed E-state index contributed by atoms with van der Waals surface area (Å²) in [6.07, 6.45) is 7.80. The predicted octanol–water partition coefficient (Wildman–Crippen LogP) is 7.33. The number of aromatic nitrogens is 3. The fourth-order valence-electron chi connectivity index (χ4n) is 5.95. The molecule has 4 nitrogen and oxygen atoms in total. The van der Waals surface area contributed by atoms with Crippen LogP contribution < -0.4 is 4.67 Å². The van der Waals surface area contributed by atoms with Gasteiger partial charge in [0, 0.05) is 33.7 Å². The van der Waals surface area contributed by atoms with E-state index in [-0.39, 0.29) is 0 Å². The smallest absolute Gasteiger partial charge is 0.308 e. The molecule has 39 heavy (non-hydrogen) atoms. The number of nitrogens with zero attached hydrogens (tertiary/aromatic N) is 4. The molecule has 4 aromatic carbocycles. The first kappa shape index (κ1) is 21.9. The summed E-state index contributed by atoms with van der Waals surface area (Å²) < 4.78 is 9.12. The average Bonchev–Trinajstić information content (AvgIpc) is 3.65. The van der Waals surface area contributed by atoms with Crippen molar-refractivity contribution in [2.45, 2.75) is 13.8 Å². The third kappa shape index (κ3) is 3.26. The molecule has 0 bridgehead atoms. The molecule has 0 aliphatic carbocycles. The molecule has 0 saturated carbocycles. The van der Waals surface area contributed by atoms with Crippen molar-refractivity contribution < 1.29 is 0 Å². The van der Waals surface area contributed by atoms with Crippen molar-refractivity contribution in [1.29, 1.82) is 0 Å². The second-order valence-corrected chi connectivity index (χ2v) is 10.4. The highest BCUT2D eigenvalue weighted by Crippen LogP contribution is 2.37. The number of hydrogen-bond donors (Lipinski definition) is 0. The molecule has 0 amide bonds. The van der Waals surface area contributed by atoms with E-state index in [4.69, 9.17) is 0 Å². The summed E-state index contributed by atoms with van der Waals surface area (Å²) in [6.45, 7) is 4.24. The lowest BCUT2D eigenvalue weighted by atomic mass is 10.0. The summed E-state index contributed by atoms with van der Waals surface area (Å²) >= 11 is 0. The maximum Gasteiger partial charge on any atom is 0.317 e. The van der Waals surface area contributed by atoms with Gasteiger partial charge in [-0.15, -0.1) is 0 Å². The van der Waals surface area contributed by atoms with Crippen LogP contribution in [0.1, 0.15) is 22.4 Å². The SMILES string of the molecule is Cc1ccc(-n2c3c(c4cc(-c5ccc6c(c5)c5ccncc5n6-c5ccc(C)cc5)ccc42)C=[N+]=C3)cc1. The second kappa shape index (κ2) is 8.16. The van der Waals surface area contributed by atoms with Gasteiger partial charge in [-0.1, -0.05) is 52.2 Å². The van der Waals surface area contributed by atoms with Crippen molar-refractivity contribution in [3.63, 3.8) is 0 Å². The summed E-state index contributed by atoms with van der Waals surface area (Å²) in [5.41, 5.74) is 13.0.